The molecule has 0 saturated carbocycles. The first-order chi connectivity index (χ1) is 13.4. The van der Waals surface area contributed by atoms with Crippen LogP contribution in [0.3, 0.4) is 0 Å². The molecule has 28 heavy (non-hydrogen) atoms. The molecular weight excluding hydrogens is 358 g/mol. The van der Waals surface area contributed by atoms with Crippen LogP contribution in [0.4, 0.5) is 10.5 Å². The molecule has 1 spiro atoms. The lowest BCUT2D eigenvalue weighted by atomic mass is 9.92. The van der Waals surface area contributed by atoms with Gasteiger partial charge in [0.25, 0.3) is 5.91 Å². The summed E-state index contributed by atoms with van der Waals surface area (Å²) in [6, 6.07) is 13.4. The minimum absolute atomic E-state index is 0.0700. The SMILES string of the molecule is CC(=O)c1ccc(NC(=O)CN2C(=O)N[C@@]3(CCc4ccccc43)C2=O)cc1. The van der Waals surface area contributed by atoms with E-state index in [0.29, 0.717) is 24.1 Å². The molecule has 1 aliphatic carbocycles. The zero-order valence-electron chi connectivity index (χ0n) is 15.3. The maximum Gasteiger partial charge on any atom is 0.325 e. The van der Waals surface area contributed by atoms with Crippen molar-refractivity contribution in [1.29, 1.82) is 0 Å². The third-order valence-electron chi connectivity index (χ3n) is 5.30. The number of rotatable bonds is 4. The largest absolute Gasteiger partial charge is 0.325 e. The van der Waals surface area contributed by atoms with Gasteiger partial charge in [-0.2, -0.15) is 0 Å². The smallest absolute Gasteiger partial charge is 0.325 e. The number of hydrogen-bond acceptors (Lipinski definition) is 4. The summed E-state index contributed by atoms with van der Waals surface area (Å²) in [5.41, 5.74) is 1.79. The third kappa shape index (κ3) is 2.85. The van der Waals surface area contributed by atoms with E-state index in [0.717, 1.165) is 16.0 Å². The molecule has 2 aromatic carbocycles. The van der Waals surface area contributed by atoms with Gasteiger partial charge in [-0.25, -0.2) is 4.79 Å². The molecule has 1 aliphatic heterocycles. The zero-order valence-corrected chi connectivity index (χ0v) is 15.3. The van der Waals surface area contributed by atoms with Gasteiger partial charge >= 0.3 is 6.03 Å². The van der Waals surface area contributed by atoms with Gasteiger partial charge in [-0.3, -0.25) is 19.3 Å². The molecule has 2 aromatic rings. The number of nitrogens with one attached hydrogen (secondary N) is 2. The number of nitrogens with zero attached hydrogens (tertiary/aromatic N) is 1. The number of fused-ring (bicyclic) bond motifs is 2. The van der Waals surface area contributed by atoms with Crippen molar-refractivity contribution in [3.05, 3.63) is 65.2 Å². The van der Waals surface area contributed by atoms with Gasteiger partial charge in [-0.15, -0.1) is 0 Å². The van der Waals surface area contributed by atoms with Crippen molar-refractivity contribution in [3.63, 3.8) is 0 Å². The van der Waals surface area contributed by atoms with Crippen LogP contribution in [-0.2, 0) is 21.5 Å². The zero-order chi connectivity index (χ0) is 19.9. The lowest BCUT2D eigenvalue weighted by Crippen LogP contribution is -2.42. The minimum atomic E-state index is -1.07. The van der Waals surface area contributed by atoms with Crippen LogP contribution >= 0.6 is 0 Å². The summed E-state index contributed by atoms with van der Waals surface area (Å²) in [5.74, 6) is -0.953. The van der Waals surface area contributed by atoms with Gasteiger partial charge in [0.05, 0.1) is 0 Å². The van der Waals surface area contributed by atoms with E-state index in [1.165, 1.54) is 6.92 Å². The van der Waals surface area contributed by atoms with E-state index in [4.69, 9.17) is 0 Å². The van der Waals surface area contributed by atoms with Crippen LogP contribution in [0.15, 0.2) is 48.5 Å². The van der Waals surface area contributed by atoms with E-state index in [9.17, 15) is 19.2 Å². The summed E-state index contributed by atoms with van der Waals surface area (Å²) in [6.45, 7) is 1.09. The Morgan fingerprint density at radius 3 is 2.54 bits per heavy atom. The molecule has 0 radical (unpaired) electrons. The first-order valence-electron chi connectivity index (χ1n) is 9.04. The average molecular weight is 377 g/mol. The molecule has 1 heterocycles. The highest BCUT2D eigenvalue weighted by molar-refractivity contribution is 6.11. The van der Waals surface area contributed by atoms with Gasteiger partial charge in [-0.05, 0) is 55.2 Å². The fourth-order valence-electron chi connectivity index (χ4n) is 3.87. The number of carbonyl (C=O) groups excluding carboxylic acids is 4. The molecule has 1 saturated heterocycles. The quantitative estimate of drug-likeness (QED) is 0.631. The normalized spacial score (nSPS) is 20.2. The fraction of sp³-hybridized carbons (Fsp3) is 0.238. The Labute approximate surface area is 161 Å². The van der Waals surface area contributed by atoms with Crippen molar-refractivity contribution in [1.82, 2.24) is 10.2 Å². The summed E-state index contributed by atoms with van der Waals surface area (Å²) >= 11 is 0. The van der Waals surface area contributed by atoms with Crippen molar-refractivity contribution >= 4 is 29.3 Å². The van der Waals surface area contributed by atoms with E-state index in [1.54, 1.807) is 24.3 Å². The van der Waals surface area contributed by atoms with Crippen molar-refractivity contribution < 1.29 is 19.2 Å². The van der Waals surface area contributed by atoms with Crippen molar-refractivity contribution in [2.75, 3.05) is 11.9 Å². The van der Waals surface area contributed by atoms with E-state index in [2.05, 4.69) is 10.6 Å². The minimum Gasteiger partial charge on any atom is -0.325 e. The lowest BCUT2D eigenvalue weighted by molar-refractivity contribution is -0.134. The van der Waals surface area contributed by atoms with Crippen LogP contribution in [0.25, 0.3) is 0 Å². The summed E-state index contributed by atoms with van der Waals surface area (Å²) in [6.07, 6.45) is 1.19. The van der Waals surface area contributed by atoms with E-state index >= 15 is 0 Å². The summed E-state index contributed by atoms with van der Waals surface area (Å²) < 4.78 is 0. The second kappa shape index (κ2) is 6.60. The van der Waals surface area contributed by atoms with E-state index < -0.39 is 23.4 Å². The molecule has 2 aliphatic rings. The monoisotopic (exact) mass is 377 g/mol. The Morgan fingerprint density at radius 1 is 1.11 bits per heavy atom. The van der Waals surface area contributed by atoms with Crippen LogP contribution in [-0.4, -0.2) is 35.1 Å². The standard InChI is InChI=1S/C21H19N3O4/c1-13(25)14-6-8-16(9-7-14)22-18(26)12-24-19(27)21(23-20(24)28)11-10-15-4-2-3-5-17(15)21/h2-9H,10-12H2,1H3,(H,22,26)(H,23,28)/t21-/m1/s1. The highest BCUT2D eigenvalue weighted by Crippen LogP contribution is 2.41. The van der Waals surface area contributed by atoms with Crippen molar-refractivity contribution in [2.24, 2.45) is 0 Å². The number of Topliss-reactive ketones (excluding diaryl/α,β-unsaturated/α-hetero) is 1. The molecule has 7 nitrogen and oxygen atoms in total. The van der Waals surface area contributed by atoms with Gasteiger partial charge in [0, 0.05) is 11.3 Å². The highest BCUT2D eigenvalue weighted by atomic mass is 16.2. The van der Waals surface area contributed by atoms with Crippen molar-refractivity contribution in [2.45, 2.75) is 25.3 Å². The molecule has 1 fully saturated rings. The number of urea groups is 1. The number of hydrogen-bond donors (Lipinski definition) is 2. The molecule has 7 heteroatoms. The van der Waals surface area contributed by atoms with Gasteiger partial charge in [0.1, 0.15) is 12.1 Å². The maximum atomic E-state index is 13.0. The summed E-state index contributed by atoms with van der Waals surface area (Å²) in [7, 11) is 0. The topological polar surface area (TPSA) is 95.6 Å². The van der Waals surface area contributed by atoms with E-state index in [-0.39, 0.29) is 12.3 Å². The van der Waals surface area contributed by atoms with Crippen LogP contribution in [0.5, 0.6) is 0 Å². The number of aryl methyl sites for hydroxylation is 1. The summed E-state index contributed by atoms with van der Waals surface area (Å²) in [5, 5.41) is 5.44. The van der Waals surface area contributed by atoms with Gasteiger partial charge in [0.15, 0.2) is 5.78 Å². The van der Waals surface area contributed by atoms with E-state index in [1.807, 2.05) is 24.3 Å². The van der Waals surface area contributed by atoms with Crippen LogP contribution in [0.2, 0.25) is 0 Å². The predicted molar refractivity (Wildman–Crippen MR) is 102 cm³/mol. The van der Waals surface area contributed by atoms with Crippen LogP contribution in [0.1, 0.15) is 34.8 Å². The molecule has 1 atom stereocenters. The molecule has 142 valence electrons. The predicted octanol–water partition coefficient (Wildman–Crippen LogP) is 2.22. The number of carbonyl (C=O) groups is 4. The molecular formula is C21H19N3O4. The molecule has 0 aromatic heterocycles. The summed E-state index contributed by atoms with van der Waals surface area (Å²) in [4.78, 5) is 50.1. The highest BCUT2D eigenvalue weighted by Gasteiger charge is 2.55. The lowest BCUT2D eigenvalue weighted by Gasteiger charge is -2.22. The maximum absolute atomic E-state index is 13.0. The Hall–Kier alpha value is -3.48. The third-order valence-corrected chi connectivity index (χ3v) is 5.30. The molecule has 2 N–H and O–H groups in total. The number of ketones is 1. The number of benzene rings is 2. The van der Waals surface area contributed by atoms with Crippen LogP contribution < -0.4 is 10.6 Å². The number of anilines is 1. The molecule has 4 amide bonds. The van der Waals surface area contributed by atoms with Crippen LogP contribution in [0, 0.1) is 0 Å². The first-order valence-corrected chi connectivity index (χ1v) is 9.04. The first kappa shape index (κ1) is 17.9. The molecule has 0 unspecified atom stereocenters. The number of imide groups is 1. The second-order valence-corrected chi connectivity index (χ2v) is 7.07. The Morgan fingerprint density at radius 2 is 1.82 bits per heavy atom. The fourth-order valence-corrected chi connectivity index (χ4v) is 3.87. The van der Waals surface area contributed by atoms with Gasteiger partial charge in [-0.1, -0.05) is 24.3 Å². The van der Waals surface area contributed by atoms with Crippen molar-refractivity contribution in [3.8, 4) is 0 Å². The Balaban J connectivity index is 1.48. The average Bonchev–Trinajstić information content (AvgIpc) is 3.16. The molecule has 0 bridgehead atoms. The van der Waals surface area contributed by atoms with Gasteiger partial charge in [0.2, 0.25) is 5.91 Å². The Kier molecular flexibility index (Phi) is 4.22. The second-order valence-electron chi connectivity index (χ2n) is 7.07. The Bertz CT molecular complexity index is 999. The molecule has 4 rings (SSSR count). The number of amides is 4. The van der Waals surface area contributed by atoms with Gasteiger partial charge < -0.3 is 10.6 Å².